The first-order valence-electron chi connectivity index (χ1n) is 6.88. The van der Waals surface area contributed by atoms with Crippen molar-refractivity contribution >= 4 is 23.4 Å². The fourth-order valence-electron chi connectivity index (χ4n) is 1.88. The lowest BCUT2D eigenvalue weighted by Gasteiger charge is -2.06. The van der Waals surface area contributed by atoms with Crippen molar-refractivity contribution in [2.45, 2.75) is 17.7 Å². The summed E-state index contributed by atoms with van der Waals surface area (Å²) < 4.78 is 0. The second-order valence-electron chi connectivity index (χ2n) is 4.64. The van der Waals surface area contributed by atoms with Crippen molar-refractivity contribution in [1.29, 1.82) is 0 Å². The zero-order chi connectivity index (χ0) is 14.9. The monoisotopic (exact) mass is 301 g/mol. The molecule has 1 heterocycles. The van der Waals surface area contributed by atoms with Crippen LogP contribution in [0, 0.1) is 0 Å². The third kappa shape index (κ3) is 5.47. The van der Waals surface area contributed by atoms with Crippen LogP contribution in [-0.2, 0) is 11.2 Å². The Morgan fingerprint density at radius 1 is 1.24 bits per heavy atom. The minimum absolute atomic E-state index is 0.0317. The summed E-state index contributed by atoms with van der Waals surface area (Å²) in [6.07, 6.45) is 5.19. The normalized spacial score (nSPS) is 10.3. The van der Waals surface area contributed by atoms with Crippen LogP contribution in [0.3, 0.4) is 0 Å². The van der Waals surface area contributed by atoms with E-state index in [1.54, 1.807) is 12.4 Å². The zero-order valence-electron chi connectivity index (χ0n) is 11.8. The van der Waals surface area contributed by atoms with Crippen LogP contribution >= 0.6 is 11.8 Å². The van der Waals surface area contributed by atoms with Crippen LogP contribution in [0.2, 0.25) is 0 Å². The van der Waals surface area contributed by atoms with E-state index in [-0.39, 0.29) is 5.91 Å². The minimum atomic E-state index is 0.0317. The molecule has 1 aromatic carbocycles. The quantitative estimate of drug-likeness (QED) is 0.609. The van der Waals surface area contributed by atoms with Gasteiger partial charge in [0.1, 0.15) is 0 Å². The van der Waals surface area contributed by atoms with Crippen LogP contribution < -0.4 is 11.1 Å². The van der Waals surface area contributed by atoms with E-state index < -0.39 is 0 Å². The molecule has 3 N–H and O–H groups in total. The number of rotatable bonds is 7. The summed E-state index contributed by atoms with van der Waals surface area (Å²) in [5, 5.41) is 2.93. The Labute approximate surface area is 129 Å². The van der Waals surface area contributed by atoms with Gasteiger partial charge >= 0.3 is 0 Å². The van der Waals surface area contributed by atoms with Crippen LogP contribution in [0.4, 0.5) is 5.69 Å². The maximum Gasteiger partial charge on any atom is 0.230 e. The molecule has 2 aromatic rings. The number of amides is 1. The summed E-state index contributed by atoms with van der Waals surface area (Å²) in [5.41, 5.74) is 7.69. The first kappa shape index (κ1) is 15.4. The summed E-state index contributed by atoms with van der Waals surface area (Å²) in [6, 6.07) is 12.1. The van der Waals surface area contributed by atoms with E-state index in [1.165, 1.54) is 17.3 Å². The first-order chi connectivity index (χ1) is 10.3. The van der Waals surface area contributed by atoms with E-state index in [2.05, 4.69) is 22.4 Å². The highest BCUT2D eigenvalue weighted by Crippen LogP contribution is 2.22. The molecule has 0 atom stereocenters. The number of anilines is 1. The van der Waals surface area contributed by atoms with Crippen LogP contribution in [0.5, 0.6) is 0 Å². The Hall–Kier alpha value is -2.01. The Morgan fingerprint density at radius 2 is 2.05 bits per heavy atom. The molecule has 0 unspecified atom stereocenters. The zero-order valence-corrected chi connectivity index (χ0v) is 12.6. The topological polar surface area (TPSA) is 68.0 Å². The number of aromatic nitrogens is 1. The van der Waals surface area contributed by atoms with Gasteiger partial charge in [0.05, 0.1) is 17.6 Å². The number of carbonyl (C=O) groups excluding carboxylic acids is 1. The van der Waals surface area contributed by atoms with Crippen molar-refractivity contribution in [2.75, 3.05) is 18.0 Å². The van der Waals surface area contributed by atoms with Gasteiger partial charge in [-0.2, -0.15) is 0 Å². The second-order valence-corrected chi connectivity index (χ2v) is 5.66. The predicted octanol–water partition coefficient (Wildman–Crippen LogP) is 2.50. The molecule has 0 aliphatic rings. The maximum atomic E-state index is 11.8. The number of nitrogens with one attached hydrogen (secondary N) is 1. The van der Waals surface area contributed by atoms with Gasteiger partial charge in [0.2, 0.25) is 5.91 Å². The molecule has 2 rings (SSSR count). The summed E-state index contributed by atoms with van der Waals surface area (Å²) in [7, 11) is 0. The number of hydrogen-bond donors (Lipinski definition) is 2. The van der Waals surface area contributed by atoms with Crippen LogP contribution in [-0.4, -0.2) is 23.2 Å². The van der Waals surface area contributed by atoms with E-state index in [0.717, 1.165) is 17.7 Å². The number of hydrogen-bond acceptors (Lipinski definition) is 4. The molecular weight excluding hydrogens is 282 g/mol. The molecule has 110 valence electrons. The molecule has 0 fully saturated rings. The predicted molar refractivity (Wildman–Crippen MR) is 87.1 cm³/mol. The average Bonchev–Trinajstić information content (AvgIpc) is 2.52. The lowest BCUT2D eigenvalue weighted by molar-refractivity contribution is -0.118. The smallest absolute Gasteiger partial charge is 0.230 e. The Kier molecular flexibility index (Phi) is 6.09. The number of pyridine rings is 1. The van der Waals surface area contributed by atoms with Crippen molar-refractivity contribution in [3.63, 3.8) is 0 Å². The molecule has 0 saturated carbocycles. The molecule has 0 spiro atoms. The molecule has 5 heteroatoms. The van der Waals surface area contributed by atoms with E-state index in [9.17, 15) is 4.79 Å². The molecule has 1 aromatic heterocycles. The highest BCUT2D eigenvalue weighted by Gasteiger charge is 2.04. The number of carbonyl (C=O) groups is 1. The Bertz CT molecular complexity index is 575. The minimum Gasteiger partial charge on any atom is -0.397 e. The Morgan fingerprint density at radius 3 is 2.81 bits per heavy atom. The first-order valence-corrected chi connectivity index (χ1v) is 7.87. The Balaban J connectivity index is 1.63. The summed E-state index contributed by atoms with van der Waals surface area (Å²) in [4.78, 5) is 16.6. The fourth-order valence-corrected chi connectivity index (χ4v) is 2.65. The van der Waals surface area contributed by atoms with E-state index >= 15 is 0 Å². The molecule has 0 bridgehead atoms. The molecule has 0 aliphatic heterocycles. The van der Waals surface area contributed by atoms with Gasteiger partial charge in [0.15, 0.2) is 0 Å². The number of benzene rings is 1. The number of nitrogens with two attached hydrogens (primary N) is 1. The lowest BCUT2D eigenvalue weighted by Crippen LogP contribution is -2.26. The van der Waals surface area contributed by atoms with Crippen LogP contribution in [0.25, 0.3) is 0 Å². The van der Waals surface area contributed by atoms with Gasteiger partial charge < -0.3 is 11.1 Å². The van der Waals surface area contributed by atoms with Gasteiger partial charge in [-0.05, 0) is 24.5 Å². The largest absolute Gasteiger partial charge is 0.397 e. The highest BCUT2D eigenvalue weighted by atomic mass is 32.2. The third-order valence-corrected chi connectivity index (χ3v) is 4.07. The highest BCUT2D eigenvalue weighted by molar-refractivity contribution is 8.00. The second kappa shape index (κ2) is 8.32. The van der Waals surface area contributed by atoms with E-state index in [1.807, 2.05) is 24.3 Å². The van der Waals surface area contributed by atoms with E-state index in [0.29, 0.717) is 18.0 Å². The van der Waals surface area contributed by atoms with Gasteiger partial charge in [-0.15, -0.1) is 11.8 Å². The van der Waals surface area contributed by atoms with Crippen molar-refractivity contribution in [3.05, 3.63) is 54.4 Å². The van der Waals surface area contributed by atoms with Crippen molar-refractivity contribution < 1.29 is 4.79 Å². The van der Waals surface area contributed by atoms with Crippen LogP contribution in [0.1, 0.15) is 12.0 Å². The molecule has 4 nitrogen and oxygen atoms in total. The average molecular weight is 301 g/mol. The summed E-state index contributed by atoms with van der Waals surface area (Å²) >= 11 is 1.43. The summed E-state index contributed by atoms with van der Waals surface area (Å²) in [5.74, 6) is 0.406. The van der Waals surface area contributed by atoms with Crippen LogP contribution in [0.15, 0.2) is 53.7 Å². The van der Waals surface area contributed by atoms with Crippen molar-refractivity contribution in [1.82, 2.24) is 10.3 Å². The molecule has 0 aliphatic carbocycles. The molecular formula is C16H19N3OS. The van der Waals surface area contributed by atoms with Gasteiger partial charge in [-0.3, -0.25) is 9.78 Å². The van der Waals surface area contributed by atoms with Gasteiger partial charge in [-0.1, -0.05) is 30.3 Å². The van der Waals surface area contributed by atoms with Gasteiger partial charge in [0.25, 0.3) is 0 Å². The van der Waals surface area contributed by atoms with E-state index in [4.69, 9.17) is 5.73 Å². The molecule has 0 radical (unpaired) electrons. The number of nitrogen functional groups attached to an aromatic ring is 1. The summed E-state index contributed by atoms with van der Waals surface area (Å²) in [6.45, 7) is 0.695. The number of aryl methyl sites for hydroxylation is 1. The third-order valence-electron chi connectivity index (χ3n) is 2.98. The van der Waals surface area contributed by atoms with Gasteiger partial charge in [0, 0.05) is 17.6 Å². The number of thioether (sulfide) groups is 1. The van der Waals surface area contributed by atoms with Crippen molar-refractivity contribution in [2.24, 2.45) is 0 Å². The lowest BCUT2D eigenvalue weighted by atomic mass is 10.1. The SMILES string of the molecule is Nc1cnccc1SCC(=O)NCCCc1ccccc1. The molecule has 21 heavy (non-hydrogen) atoms. The van der Waals surface area contributed by atoms with Gasteiger partial charge in [-0.25, -0.2) is 0 Å². The van der Waals surface area contributed by atoms with Crippen molar-refractivity contribution in [3.8, 4) is 0 Å². The fraction of sp³-hybridized carbons (Fsp3) is 0.250. The number of nitrogens with zero attached hydrogens (tertiary/aromatic N) is 1. The molecule has 0 saturated heterocycles. The standard InChI is InChI=1S/C16H19N3OS/c17-14-11-18-10-8-15(14)21-12-16(20)19-9-4-7-13-5-2-1-3-6-13/h1-3,5-6,8,10-11H,4,7,9,12,17H2,(H,19,20). The molecule has 1 amide bonds. The maximum absolute atomic E-state index is 11.8.